The smallest absolute Gasteiger partial charge is 0.319 e. The summed E-state index contributed by atoms with van der Waals surface area (Å²) in [5.74, 6) is -0.233. The zero-order chi connectivity index (χ0) is 11.0. The molecule has 0 fully saturated rings. The van der Waals surface area contributed by atoms with Crippen LogP contribution in [0.25, 0.3) is 0 Å². The average Bonchev–Trinajstić information content (AvgIpc) is 2.22. The molecule has 4 nitrogen and oxygen atoms in total. The molecule has 0 rings (SSSR count). The Hall–Kier alpha value is -0.653. The maximum Gasteiger partial charge on any atom is 0.319 e. The Kier molecular flexibility index (Phi) is 7.36. The highest BCUT2D eigenvalue weighted by atomic mass is 28.2. The van der Waals surface area contributed by atoms with E-state index >= 15 is 0 Å². The van der Waals surface area contributed by atoms with Gasteiger partial charge >= 0.3 is 5.97 Å². The standard InChI is InChI=1S/C9H18O4Si/c1-7(9(10)13-14)5-4-6-8(11-2)12-3/h5,8H,4,6H2,1-3,14H3. The van der Waals surface area contributed by atoms with Crippen LogP contribution in [-0.2, 0) is 18.7 Å². The molecule has 5 heteroatoms. The van der Waals surface area contributed by atoms with E-state index in [1.807, 2.05) is 6.08 Å². The van der Waals surface area contributed by atoms with Gasteiger partial charge in [-0.3, -0.25) is 0 Å². The molecule has 82 valence electrons. The minimum Gasteiger partial charge on any atom is -0.526 e. The first-order valence-corrected chi connectivity index (χ1v) is 5.28. The number of hydrogen-bond acceptors (Lipinski definition) is 4. The number of methoxy groups -OCH3 is 2. The molecule has 0 spiro atoms. The molecule has 0 saturated carbocycles. The maximum absolute atomic E-state index is 11.0. The largest absolute Gasteiger partial charge is 0.526 e. The molecule has 0 aliphatic rings. The van der Waals surface area contributed by atoms with Gasteiger partial charge in [-0.2, -0.15) is 0 Å². The molecule has 0 aliphatic carbocycles. The number of ether oxygens (including phenoxy) is 2. The van der Waals surface area contributed by atoms with Crippen LogP contribution in [0, 0.1) is 0 Å². The summed E-state index contributed by atoms with van der Waals surface area (Å²) in [5.41, 5.74) is 0.644. The first kappa shape index (κ1) is 13.3. The van der Waals surface area contributed by atoms with E-state index in [4.69, 9.17) is 13.9 Å². The molecule has 0 aromatic rings. The first-order chi connectivity index (χ1) is 6.65. The molecule has 14 heavy (non-hydrogen) atoms. The number of carbonyl (C=O) groups is 1. The van der Waals surface area contributed by atoms with Crippen LogP contribution in [0.4, 0.5) is 0 Å². The average molecular weight is 218 g/mol. The van der Waals surface area contributed by atoms with Gasteiger partial charge < -0.3 is 13.9 Å². The fourth-order valence-electron chi connectivity index (χ4n) is 1.01. The van der Waals surface area contributed by atoms with E-state index in [2.05, 4.69) is 0 Å². The number of hydrogen-bond donors (Lipinski definition) is 0. The van der Waals surface area contributed by atoms with Gasteiger partial charge in [-0.1, -0.05) is 6.08 Å². The molecule has 0 aromatic heterocycles. The summed E-state index contributed by atoms with van der Waals surface area (Å²) >= 11 is 0. The molecular weight excluding hydrogens is 200 g/mol. The van der Waals surface area contributed by atoms with Gasteiger partial charge in [0.05, 0.1) is 0 Å². The van der Waals surface area contributed by atoms with Gasteiger partial charge in [-0.15, -0.1) is 0 Å². The topological polar surface area (TPSA) is 44.8 Å². The highest BCUT2D eigenvalue weighted by Gasteiger charge is 2.05. The van der Waals surface area contributed by atoms with Gasteiger partial charge in [0.2, 0.25) is 10.5 Å². The van der Waals surface area contributed by atoms with Gasteiger partial charge in [0, 0.05) is 26.2 Å². The first-order valence-electron chi connectivity index (χ1n) is 4.46. The monoisotopic (exact) mass is 218 g/mol. The Bertz CT molecular complexity index is 199. The highest BCUT2D eigenvalue weighted by molar-refractivity contribution is 6.09. The number of allylic oxidation sites excluding steroid dienone is 1. The molecule has 0 amide bonds. The van der Waals surface area contributed by atoms with E-state index in [1.54, 1.807) is 21.1 Å². The van der Waals surface area contributed by atoms with Crippen LogP contribution < -0.4 is 0 Å². The van der Waals surface area contributed by atoms with Crippen molar-refractivity contribution in [1.82, 2.24) is 0 Å². The van der Waals surface area contributed by atoms with E-state index in [1.165, 1.54) is 0 Å². The Morgan fingerprint density at radius 1 is 1.43 bits per heavy atom. The Balaban J connectivity index is 3.85. The number of carbonyl (C=O) groups excluding carboxylic acids is 1. The normalized spacial score (nSPS) is 12.1. The predicted molar refractivity (Wildman–Crippen MR) is 56.8 cm³/mol. The minimum absolute atomic E-state index is 0.203. The lowest BCUT2D eigenvalue weighted by Gasteiger charge is -2.11. The number of rotatable bonds is 6. The van der Waals surface area contributed by atoms with Crippen molar-refractivity contribution < 1.29 is 18.7 Å². The van der Waals surface area contributed by atoms with E-state index < -0.39 is 0 Å². The lowest BCUT2D eigenvalue weighted by Crippen LogP contribution is -2.12. The summed E-state index contributed by atoms with van der Waals surface area (Å²) in [7, 11) is 3.63. The zero-order valence-corrected chi connectivity index (χ0v) is 11.2. The van der Waals surface area contributed by atoms with Crippen molar-refractivity contribution in [2.45, 2.75) is 26.1 Å². The second-order valence-electron chi connectivity index (χ2n) is 2.86. The molecule has 0 bridgehead atoms. The van der Waals surface area contributed by atoms with Crippen molar-refractivity contribution in [2.75, 3.05) is 14.2 Å². The van der Waals surface area contributed by atoms with Crippen LogP contribution in [0.3, 0.4) is 0 Å². The van der Waals surface area contributed by atoms with Crippen LogP contribution in [0.15, 0.2) is 11.6 Å². The highest BCUT2D eigenvalue weighted by Crippen LogP contribution is 2.05. The van der Waals surface area contributed by atoms with Gasteiger partial charge in [0.15, 0.2) is 6.29 Å². The van der Waals surface area contributed by atoms with Crippen LogP contribution in [0.5, 0.6) is 0 Å². The van der Waals surface area contributed by atoms with Crippen molar-refractivity contribution in [3.05, 3.63) is 11.6 Å². The molecule has 0 aliphatic heterocycles. The summed E-state index contributed by atoms with van der Waals surface area (Å²) in [6.07, 6.45) is 3.12. The van der Waals surface area contributed by atoms with E-state index in [9.17, 15) is 4.79 Å². The molecule has 0 unspecified atom stereocenters. The predicted octanol–water partition coefficient (Wildman–Crippen LogP) is 0.155. The molecule has 0 atom stereocenters. The molecular formula is C9H18O4Si. The Morgan fingerprint density at radius 2 is 2.00 bits per heavy atom. The van der Waals surface area contributed by atoms with Gasteiger partial charge in [-0.05, 0) is 13.3 Å². The Morgan fingerprint density at radius 3 is 2.43 bits per heavy atom. The minimum atomic E-state index is -0.233. The van der Waals surface area contributed by atoms with Crippen LogP contribution >= 0.6 is 0 Å². The van der Waals surface area contributed by atoms with Gasteiger partial charge in [0.25, 0.3) is 0 Å². The third-order valence-electron chi connectivity index (χ3n) is 1.89. The van der Waals surface area contributed by atoms with Crippen LogP contribution in [0.2, 0.25) is 0 Å². The van der Waals surface area contributed by atoms with Gasteiger partial charge in [0.1, 0.15) is 0 Å². The van der Waals surface area contributed by atoms with Crippen molar-refractivity contribution in [3.63, 3.8) is 0 Å². The summed E-state index contributed by atoms with van der Waals surface area (Å²) < 4.78 is 14.7. The van der Waals surface area contributed by atoms with E-state index in [0.717, 1.165) is 12.8 Å². The van der Waals surface area contributed by atoms with E-state index in [0.29, 0.717) is 16.1 Å². The molecule has 0 heterocycles. The second-order valence-corrected chi connectivity index (χ2v) is 3.27. The summed E-state index contributed by atoms with van der Waals surface area (Å²) in [6.45, 7) is 1.74. The SMILES string of the molecule is COC(CCC=C(C)C(=O)O[SiH3])OC. The maximum atomic E-state index is 11.0. The fraction of sp³-hybridized carbons (Fsp3) is 0.667. The summed E-state index contributed by atoms with van der Waals surface area (Å²) in [6, 6.07) is 0. The zero-order valence-electron chi connectivity index (χ0n) is 9.20. The van der Waals surface area contributed by atoms with Crippen molar-refractivity contribution in [1.29, 1.82) is 0 Å². The lowest BCUT2D eigenvalue weighted by atomic mass is 10.2. The molecule has 0 saturated heterocycles. The molecule has 0 radical (unpaired) electrons. The lowest BCUT2D eigenvalue weighted by molar-refractivity contribution is -0.129. The van der Waals surface area contributed by atoms with Crippen molar-refractivity contribution in [3.8, 4) is 0 Å². The quantitative estimate of drug-likeness (QED) is 0.362. The third kappa shape index (κ3) is 5.16. The van der Waals surface area contributed by atoms with Crippen molar-refractivity contribution in [2.24, 2.45) is 0 Å². The molecule has 0 N–H and O–H groups in total. The summed E-state index contributed by atoms with van der Waals surface area (Å²) in [4.78, 5) is 11.0. The second kappa shape index (κ2) is 7.72. The van der Waals surface area contributed by atoms with Crippen LogP contribution in [0.1, 0.15) is 19.8 Å². The van der Waals surface area contributed by atoms with Gasteiger partial charge in [-0.25, -0.2) is 4.79 Å². The van der Waals surface area contributed by atoms with E-state index in [-0.39, 0.29) is 12.3 Å². The Labute approximate surface area is 87.8 Å². The molecule has 0 aromatic carbocycles. The van der Waals surface area contributed by atoms with Crippen LogP contribution in [-0.4, -0.2) is 37.0 Å². The summed E-state index contributed by atoms with van der Waals surface area (Å²) in [5, 5.41) is 0. The van der Waals surface area contributed by atoms with Crippen molar-refractivity contribution >= 4 is 16.5 Å². The fourth-order valence-corrected chi connectivity index (χ4v) is 1.33. The third-order valence-corrected chi connectivity index (χ3v) is 2.26.